The molecule has 0 aromatic heterocycles. The Labute approximate surface area is 64.2 Å². The second kappa shape index (κ2) is 2.91. The van der Waals surface area contributed by atoms with Crippen molar-refractivity contribution in [3.8, 4) is 0 Å². The van der Waals surface area contributed by atoms with Crippen molar-refractivity contribution in [2.24, 2.45) is 11.3 Å². The molecule has 1 aliphatic heterocycles. The number of rotatable bonds is 2. The molecule has 0 aromatic rings. The first-order valence-electron chi connectivity index (χ1n) is 4.33. The van der Waals surface area contributed by atoms with Crippen molar-refractivity contribution in [1.29, 1.82) is 0 Å². The molecule has 0 aliphatic carbocycles. The molecule has 1 rings (SSSR count). The zero-order valence-corrected chi connectivity index (χ0v) is 7.41. The molecule has 1 fully saturated rings. The van der Waals surface area contributed by atoms with E-state index in [1.54, 1.807) is 0 Å². The van der Waals surface area contributed by atoms with Crippen LogP contribution >= 0.6 is 0 Å². The molecule has 0 radical (unpaired) electrons. The number of hydrogen-bond acceptors (Lipinski definition) is 1. The maximum atomic E-state index is 3.42. The van der Waals surface area contributed by atoms with Crippen LogP contribution in [0.25, 0.3) is 0 Å². The fourth-order valence-electron chi connectivity index (χ4n) is 2.03. The van der Waals surface area contributed by atoms with Crippen LogP contribution in [0, 0.1) is 11.3 Å². The van der Waals surface area contributed by atoms with E-state index < -0.39 is 0 Å². The van der Waals surface area contributed by atoms with Crippen LogP contribution in [0.3, 0.4) is 0 Å². The summed E-state index contributed by atoms with van der Waals surface area (Å²) in [6.07, 6.45) is 2.74. The second-order valence-corrected chi connectivity index (χ2v) is 4.34. The predicted molar refractivity (Wildman–Crippen MR) is 45.0 cm³/mol. The van der Waals surface area contributed by atoms with Crippen LogP contribution in [0.4, 0.5) is 0 Å². The van der Waals surface area contributed by atoms with E-state index in [2.05, 4.69) is 26.1 Å². The van der Waals surface area contributed by atoms with E-state index in [0.29, 0.717) is 5.41 Å². The maximum absolute atomic E-state index is 3.42. The summed E-state index contributed by atoms with van der Waals surface area (Å²) in [5, 5.41) is 3.42. The van der Waals surface area contributed by atoms with Crippen molar-refractivity contribution >= 4 is 0 Å². The Kier molecular flexibility index (Phi) is 2.35. The van der Waals surface area contributed by atoms with Crippen LogP contribution in [0.2, 0.25) is 0 Å². The SMILES string of the molecule is CC(C)CC1(C)CCNC1. The average Bonchev–Trinajstić information content (AvgIpc) is 2.12. The fourth-order valence-corrected chi connectivity index (χ4v) is 2.03. The van der Waals surface area contributed by atoms with Gasteiger partial charge in [0.1, 0.15) is 0 Å². The second-order valence-electron chi connectivity index (χ2n) is 4.34. The molecule has 0 aromatic carbocycles. The average molecular weight is 141 g/mol. The summed E-state index contributed by atoms with van der Waals surface area (Å²) in [4.78, 5) is 0. The van der Waals surface area contributed by atoms with Gasteiger partial charge < -0.3 is 5.32 Å². The van der Waals surface area contributed by atoms with Crippen LogP contribution in [0.5, 0.6) is 0 Å². The summed E-state index contributed by atoms with van der Waals surface area (Å²) >= 11 is 0. The van der Waals surface area contributed by atoms with Crippen molar-refractivity contribution in [2.45, 2.75) is 33.6 Å². The summed E-state index contributed by atoms with van der Waals surface area (Å²) in [6.45, 7) is 9.47. The van der Waals surface area contributed by atoms with Crippen LogP contribution in [0.15, 0.2) is 0 Å². The van der Waals surface area contributed by atoms with E-state index in [0.717, 1.165) is 5.92 Å². The van der Waals surface area contributed by atoms with E-state index in [-0.39, 0.29) is 0 Å². The Bertz CT molecular complexity index is 101. The maximum Gasteiger partial charge on any atom is 0.000574 e. The summed E-state index contributed by atoms with van der Waals surface area (Å²) in [7, 11) is 0. The molecule has 1 unspecified atom stereocenters. The molecule has 0 spiro atoms. The molecule has 0 bridgehead atoms. The highest BCUT2D eigenvalue weighted by Gasteiger charge is 2.28. The lowest BCUT2D eigenvalue weighted by Gasteiger charge is -2.24. The van der Waals surface area contributed by atoms with Gasteiger partial charge in [0.05, 0.1) is 0 Å². The molecule has 1 nitrogen and oxygen atoms in total. The largest absolute Gasteiger partial charge is 0.316 e. The quantitative estimate of drug-likeness (QED) is 0.620. The van der Waals surface area contributed by atoms with Gasteiger partial charge in [0.15, 0.2) is 0 Å². The molecule has 0 saturated carbocycles. The number of nitrogens with one attached hydrogen (secondary N) is 1. The zero-order chi connectivity index (χ0) is 7.61. The first-order valence-corrected chi connectivity index (χ1v) is 4.33. The lowest BCUT2D eigenvalue weighted by Crippen LogP contribution is -2.21. The zero-order valence-electron chi connectivity index (χ0n) is 7.41. The Morgan fingerprint density at radius 3 is 2.60 bits per heavy atom. The Hall–Kier alpha value is -0.0400. The monoisotopic (exact) mass is 141 g/mol. The molecular weight excluding hydrogens is 122 g/mol. The van der Waals surface area contributed by atoms with Crippen molar-refractivity contribution in [2.75, 3.05) is 13.1 Å². The van der Waals surface area contributed by atoms with Gasteiger partial charge in [0.2, 0.25) is 0 Å². The Balaban J connectivity index is 2.36. The van der Waals surface area contributed by atoms with Crippen LogP contribution < -0.4 is 5.32 Å². The van der Waals surface area contributed by atoms with E-state index in [1.807, 2.05) is 0 Å². The molecule has 10 heavy (non-hydrogen) atoms. The minimum Gasteiger partial charge on any atom is -0.316 e. The van der Waals surface area contributed by atoms with Gasteiger partial charge in [0.25, 0.3) is 0 Å². The third kappa shape index (κ3) is 1.98. The summed E-state index contributed by atoms with van der Waals surface area (Å²) in [5.74, 6) is 0.852. The number of hydrogen-bond donors (Lipinski definition) is 1. The Morgan fingerprint density at radius 1 is 1.50 bits per heavy atom. The lowest BCUT2D eigenvalue weighted by molar-refractivity contribution is 0.287. The van der Waals surface area contributed by atoms with Crippen molar-refractivity contribution in [1.82, 2.24) is 5.32 Å². The highest BCUT2D eigenvalue weighted by Crippen LogP contribution is 2.31. The highest BCUT2D eigenvalue weighted by atomic mass is 14.9. The summed E-state index contributed by atoms with van der Waals surface area (Å²) in [6, 6.07) is 0. The topological polar surface area (TPSA) is 12.0 Å². The Morgan fingerprint density at radius 2 is 2.20 bits per heavy atom. The van der Waals surface area contributed by atoms with Crippen LogP contribution in [-0.4, -0.2) is 13.1 Å². The van der Waals surface area contributed by atoms with E-state index >= 15 is 0 Å². The predicted octanol–water partition coefficient (Wildman–Crippen LogP) is 2.03. The molecule has 1 heterocycles. The van der Waals surface area contributed by atoms with Gasteiger partial charge in [-0.05, 0) is 30.7 Å². The molecule has 1 atom stereocenters. The lowest BCUT2D eigenvalue weighted by atomic mass is 9.81. The summed E-state index contributed by atoms with van der Waals surface area (Å²) < 4.78 is 0. The van der Waals surface area contributed by atoms with Crippen molar-refractivity contribution in [3.63, 3.8) is 0 Å². The van der Waals surface area contributed by atoms with Gasteiger partial charge in [-0.25, -0.2) is 0 Å². The fraction of sp³-hybridized carbons (Fsp3) is 1.00. The normalized spacial score (nSPS) is 33.6. The molecular formula is C9H19N. The standard InChI is InChI=1S/C9H19N/c1-8(2)6-9(3)4-5-10-7-9/h8,10H,4-7H2,1-3H3. The smallest absolute Gasteiger partial charge is 0.000574 e. The van der Waals surface area contributed by atoms with Crippen molar-refractivity contribution < 1.29 is 0 Å². The minimum atomic E-state index is 0.605. The van der Waals surface area contributed by atoms with Gasteiger partial charge in [-0.3, -0.25) is 0 Å². The van der Waals surface area contributed by atoms with Gasteiger partial charge in [-0.2, -0.15) is 0 Å². The van der Waals surface area contributed by atoms with E-state index in [9.17, 15) is 0 Å². The summed E-state index contributed by atoms with van der Waals surface area (Å²) in [5.41, 5.74) is 0.605. The first-order chi connectivity index (χ1) is 4.62. The first kappa shape index (κ1) is 8.06. The molecule has 1 aliphatic rings. The third-order valence-corrected chi connectivity index (χ3v) is 2.36. The molecule has 1 N–H and O–H groups in total. The third-order valence-electron chi connectivity index (χ3n) is 2.36. The van der Waals surface area contributed by atoms with Gasteiger partial charge in [-0.1, -0.05) is 20.8 Å². The molecule has 1 heteroatoms. The van der Waals surface area contributed by atoms with Gasteiger partial charge in [0, 0.05) is 6.54 Å². The van der Waals surface area contributed by atoms with Crippen LogP contribution in [-0.2, 0) is 0 Å². The van der Waals surface area contributed by atoms with Gasteiger partial charge in [-0.15, -0.1) is 0 Å². The molecule has 0 amide bonds. The van der Waals surface area contributed by atoms with Crippen LogP contribution in [0.1, 0.15) is 33.6 Å². The van der Waals surface area contributed by atoms with E-state index in [4.69, 9.17) is 0 Å². The minimum absolute atomic E-state index is 0.605. The highest BCUT2D eigenvalue weighted by molar-refractivity contribution is 4.84. The molecule has 60 valence electrons. The molecule has 1 saturated heterocycles. The van der Waals surface area contributed by atoms with Gasteiger partial charge >= 0.3 is 0 Å². The van der Waals surface area contributed by atoms with Crippen molar-refractivity contribution in [3.05, 3.63) is 0 Å². The van der Waals surface area contributed by atoms with E-state index in [1.165, 1.54) is 25.9 Å².